The lowest BCUT2D eigenvalue weighted by molar-refractivity contribution is -0.142. The Hall–Kier alpha value is -4.77. The first-order valence-corrected chi connectivity index (χ1v) is 15.2. The number of carboxylic acids is 2. The number of guanidine groups is 1. The van der Waals surface area contributed by atoms with Crippen molar-refractivity contribution in [3.8, 4) is 0 Å². The van der Waals surface area contributed by atoms with Crippen molar-refractivity contribution in [3.63, 3.8) is 0 Å². The van der Waals surface area contributed by atoms with Gasteiger partial charge in [0.05, 0.1) is 12.1 Å². The molecule has 0 saturated heterocycles. The van der Waals surface area contributed by atoms with E-state index in [1.807, 2.05) is 13.8 Å². The molecule has 0 saturated carbocycles. The number of hydrogen-bond acceptors (Lipinski definition) is 9. The maximum absolute atomic E-state index is 13.4. The second-order valence-electron chi connectivity index (χ2n) is 11.6. The molecule has 0 heterocycles. The van der Waals surface area contributed by atoms with Crippen molar-refractivity contribution in [3.05, 3.63) is 35.9 Å². The summed E-state index contributed by atoms with van der Waals surface area (Å²) in [4.78, 5) is 79.5. The van der Waals surface area contributed by atoms with E-state index in [0.717, 1.165) is 0 Å². The van der Waals surface area contributed by atoms with Gasteiger partial charge in [0.1, 0.15) is 24.2 Å². The topological polar surface area (TPSA) is 302 Å². The standard InChI is InChI=1S/C30H48N8O9/c1-16(2)14-19(31)25(42)35-20(11-12-23(40)41)26(43)38-24(17(3)39)28(45)37-22(15-18-8-5-4-6-9-18)27(44)36-21(29(46)47)10-7-13-34-30(32)33/h4-6,8-9,16-17,19-22,24,39H,7,10-15,31H2,1-3H3,(H,35,42)(H,36,44)(H,37,45)(H,38,43)(H,40,41)(H,46,47)(H4,32,33,34)/t17-,19+,20+,21+,22+,24+/m1/s1. The van der Waals surface area contributed by atoms with E-state index in [4.69, 9.17) is 22.3 Å². The molecule has 262 valence electrons. The number of carboxylic acid groups (broad SMARTS) is 2. The van der Waals surface area contributed by atoms with Crippen LogP contribution in [0.5, 0.6) is 0 Å². The summed E-state index contributed by atoms with van der Waals surface area (Å²) in [5.74, 6) is -6.19. The van der Waals surface area contributed by atoms with Crippen LogP contribution in [0, 0.1) is 5.92 Å². The van der Waals surface area contributed by atoms with Crippen molar-refractivity contribution < 1.29 is 44.1 Å². The summed E-state index contributed by atoms with van der Waals surface area (Å²) in [6.07, 6.45) is -1.94. The maximum atomic E-state index is 13.4. The molecular formula is C30H48N8O9. The summed E-state index contributed by atoms with van der Waals surface area (Å²) in [6, 6.07) is 1.77. The van der Waals surface area contributed by atoms with E-state index in [2.05, 4.69) is 26.3 Å². The molecule has 0 aromatic heterocycles. The molecular weight excluding hydrogens is 616 g/mol. The van der Waals surface area contributed by atoms with Crippen LogP contribution in [0.4, 0.5) is 0 Å². The third-order valence-corrected chi connectivity index (χ3v) is 6.88. The lowest BCUT2D eigenvalue weighted by atomic mass is 10.0. The van der Waals surface area contributed by atoms with E-state index in [0.29, 0.717) is 12.0 Å². The van der Waals surface area contributed by atoms with Gasteiger partial charge in [-0.25, -0.2) is 4.79 Å². The number of carbonyl (C=O) groups is 6. The minimum absolute atomic E-state index is 0.0273. The highest BCUT2D eigenvalue weighted by atomic mass is 16.4. The van der Waals surface area contributed by atoms with Gasteiger partial charge in [0, 0.05) is 19.4 Å². The molecule has 1 aromatic carbocycles. The predicted octanol–water partition coefficient (Wildman–Crippen LogP) is -2.07. The van der Waals surface area contributed by atoms with E-state index in [9.17, 15) is 39.0 Å². The maximum Gasteiger partial charge on any atom is 0.326 e. The zero-order valence-electron chi connectivity index (χ0n) is 26.8. The van der Waals surface area contributed by atoms with E-state index in [-0.39, 0.29) is 44.1 Å². The Morgan fingerprint density at radius 2 is 1.36 bits per heavy atom. The van der Waals surface area contributed by atoms with Crippen LogP contribution in [0.15, 0.2) is 35.3 Å². The summed E-state index contributed by atoms with van der Waals surface area (Å²) in [5.41, 5.74) is 17.1. The lowest BCUT2D eigenvalue weighted by Crippen LogP contribution is -2.61. The fourth-order valence-corrected chi connectivity index (χ4v) is 4.44. The average Bonchev–Trinajstić information content (AvgIpc) is 2.98. The van der Waals surface area contributed by atoms with Gasteiger partial charge in [-0.05, 0) is 44.1 Å². The molecule has 17 nitrogen and oxygen atoms in total. The zero-order valence-corrected chi connectivity index (χ0v) is 26.8. The molecule has 47 heavy (non-hydrogen) atoms. The van der Waals surface area contributed by atoms with Crippen LogP contribution in [0.25, 0.3) is 0 Å². The normalized spacial score (nSPS) is 14.8. The van der Waals surface area contributed by atoms with Crippen LogP contribution in [0.2, 0.25) is 0 Å². The average molecular weight is 665 g/mol. The van der Waals surface area contributed by atoms with E-state index >= 15 is 0 Å². The van der Waals surface area contributed by atoms with E-state index in [1.165, 1.54) is 6.92 Å². The number of aliphatic carboxylic acids is 2. The molecule has 4 amide bonds. The van der Waals surface area contributed by atoms with Gasteiger partial charge in [0.2, 0.25) is 23.6 Å². The third kappa shape index (κ3) is 15.9. The molecule has 0 bridgehead atoms. The Kier molecular flexibility index (Phi) is 17.4. The van der Waals surface area contributed by atoms with Gasteiger partial charge in [0.15, 0.2) is 5.96 Å². The summed E-state index contributed by atoms with van der Waals surface area (Å²) in [5, 5.41) is 38.9. The molecule has 0 spiro atoms. The van der Waals surface area contributed by atoms with Crippen molar-refractivity contribution in [2.45, 2.75) is 95.6 Å². The number of rotatable bonds is 21. The van der Waals surface area contributed by atoms with Gasteiger partial charge >= 0.3 is 11.9 Å². The monoisotopic (exact) mass is 664 g/mol. The fraction of sp³-hybridized carbons (Fsp3) is 0.567. The summed E-state index contributed by atoms with van der Waals surface area (Å²) in [7, 11) is 0. The number of aliphatic imine (C=N–C) groups is 1. The fourth-order valence-electron chi connectivity index (χ4n) is 4.44. The molecule has 1 rings (SSSR count). The number of nitrogens with one attached hydrogen (secondary N) is 4. The third-order valence-electron chi connectivity index (χ3n) is 6.88. The van der Waals surface area contributed by atoms with Gasteiger partial charge < -0.3 is 53.8 Å². The molecule has 13 N–H and O–H groups in total. The molecule has 0 unspecified atom stereocenters. The molecule has 6 atom stereocenters. The summed E-state index contributed by atoms with van der Waals surface area (Å²) >= 11 is 0. The summed E-state index contributed by atoms with van der Waals surface area (Å²) in [6.45, 7) is 5.02. The van der Waals surface area contributed by atoms with Gasteiger partial charge in [0.25, 0.3) is 0 Å². The second kappa shape index (κ2) is 20.4. The summed E-state index contributed by atoms with van der Waals surface area (Å²) < 4.78 is 0. The quantitative estimate of drug-likeness (QED) is 0.0385. The zero-order chi connectivity index (χ0) is 35.7. The Balaban J connectivity index is 3.20. The SMILES string of the molecule is CC(C)C[C@H](N)C(=O)N[C@@H](CCC(=O)O)C(=O)N[C@H](C(=O)N[C@@H](Cc1ccccc1)C(=O)N[C@@H](CCCN=C(N)N)C(=O)O)[C@@H](C)O. The highest BCUT2D eigenvalue weighted by molar-refractivity contribution is 5.96. The van der Waals surface area contributed by atoms with Gasteiger partial charge in [-0.3, -0.25) is 29.0 Å². The molecule has 0 aliphatic rings. The molecule has 0 radical (unpaired) electrons. The minimum Gasteiger partial charge on any atom is -0.481 e. The Morgan fingerprint density at radius 3 is 1.89 bits per heavy atom. The molecule has 0 fully saturated rings. The number of hydrogen-bond donors (Lipinski definition) is 10. The van der Waals surface area contributed by atoms with Crippen LogP contribution < -0.4 is 38.5 Å². The highest BCUT2D eigenvalue weighted by Gasteiger charge is 2.34. The van der Waals surface area contributed by atoms with Crippen molar-refractivity contribution in [2.75, 3.05) is 6.54 Å². The van der Waals surface area contributed by atoms with E-state index < -0.39 is 78.3 Å². The van der Waals surface area contributed by atoms with Gasteiger partial charge in [-0.15, -0.1) is 0 Å². The number of amides is 4. The van der Waals surface area contributed by atoms with Gasteiger partial charge in [-0.1, -0.05) is 44.2 Å². The molecule has 0 aliphatic heterocycles. The first-order chi connectivity index (χ1) is 22.0. The number of nitrogens with zero attached hydrogens (tertiary/aromatic N) is 1. The molecule has 17 heteroatoms. The first kappa shape index (κ1) is 40.3. The van der Waals surface area contributed by atoms with Crippen molar-refractivity contribution in [1.29, 1.82) is 0 Å². The number of carbonyl (C=O) groups excluding carboxylic acids is 4. The second-order valence-corrected chi connectivity index (χ2v) is 11.6. The number of aliphatic hydroxyl groups excluding tert-OH is 1. The Morgan fingerprint density at radius 1 is 0.787 bits per heavy atom. The van der Waals surface area contributed by atoms with Crippen LogP contribution in [-0.2, 0) is 35.2 Å². The van der Waals surface area contributed by atoms with Crippen LogP contribution in [-0.4, -0.2) is 99.7 Å². The molecule has 0 aliphatic carbocycles. The Labute approximate surface area is 273 Å². The predicted molar refractivity (Wildman–Crippen MR) is 171 cm³/mol. The smallest absolute Gasteiger partial charge is 0.326 e. The highest BCUT2D eigenvalue weighted by Crippen LogP contribution is 2.09. The number of nitrogens with two attached hydrogens (primary N) is 3. The van der Waals surface area contributed by atoms with Crippen LogP contribution >= 0.6 is 0 Å². The minimum atomic E-state index is -1.66. The number of aliphatic hydroxyl groups is 1. The lowest BCUT2D eigenvalue weighted by Gasteiger charge is -2.27. The largest absolute Gasteiger partial charge is 0.481 e. The van der Waals surface area contributed by atoms with E-state index in [1.54, 1.807) is 30.3 Å². The first-order valence-electron chi connectivity index (χ1n) is 15.2. The van der Waals surface area contributed by atoms with Crippen molar-refractivity contribution in [2.24, 2.45) is 28.1 Å². The molecule has 1 aromatic rings. The van der Waals surface area contributed by atoms with Crippen LogP contribution in [0.3, 0.4) is 0 Å². The van der Waals surface area contributed by atoms with Gasteiger partial charge in [-0.2, -0.15) is 0 Å². The van der Waals surface area contributed by atoms with Crippen molar-refractivity contribution in [1.82, 2.24) is 21.3 Å². The van der Waals surface area contributed by atoms with Crippen molar-refractivity contribution >= 4 is 41.5 Å². The Bertz CT molecular complexity index is 1240. The number of benzene rings is 1. The van der Waals surface area contributed by atoms with Crippen LogP contribution in [0.1, 0.15) is 58.4 Å².